The molecule has 1 aliphatic rings. The number of methoxy groups -OCH3 is 3. The van der Waals surface area contributed by atoms with Crippen LogP contribution in [0.4, 0.5) is 10.5 Å². The van der Waals surface area contributed by atoms with E-state index in [1.807, 2.05) is 6.92 Å². The summed E-state index contributed by atoms with van der Waals surface area (Å²) in [6.45, 7) is 2.33. The van der Waals surface area contributed by atoms with Crippen LogP contribution in [0.25, 0.3) is 6.08 Å². The number of anilines is 1. The second-order valence-electron chi connectivity index (χ2n) is 6.31. The second kappa shape index (κ2) is 9.21. The lowest BCUT2D eigenvalue weighted by molar-refractivity contribution is -0.122. The number of carbonyl (C=O) groups is 3. The van der Waals surface area contributed by atoms with Crippen molar-refractivity contribution in [3.8, 4) is 23.0 Å². The predicted molar refractivity (Wildman–Crippen MR) is 113 cm³/mol. The molecule has 0 spiro atoms. The maximum atomic E-state index is 13.1. The largest absolute Gasteiger partial charge is 0.494 e. The molecule has 1 N–H and O–H groups in total. The van der Waals surface area contributed by atoms with Gasteiger partial charge in [-0.15, -0.1) is 0 Å². The van der Waals surface area contributed by atoms with E-state index in [-0.39, 0.29) is 11.3 Å². The molecule has 0 aliphatic carbocycles. The second-order valence-corrected chi connectivity index (χ2v) is 6.31. The van der Waals surface area contributed by atoms with Crippen LogP contribution in [0.5, 0.6) is 23.0 Å². The van der Waals surface area contributed by atoms with Gasteiger partial charge in [-0.3, -0.25) is 14.9 Å². The van der Waals surface area contributed by atoms with Gasteiger partial charge in [-0.2, -0.15) is 0 Å². The van der Waals surface area contributed by atoms with Crippen LogP contribution < -0.4 is 29.2 Å². The number of hydrogen-bond donors (Lipinski definition) is 1. The van der Waals surface area contributed by atoms with Crippen LogP contribution in [0.2, 0.25) is 0 Å². The van der Waals surface area contributed by atoms with E-state index in [0.29, 0.717) is 35.1 Å². The number of barbiturate groups is 1. The van der Waals surface area contributed by atoms with Gasteiger partial charge in [0.2, 0.25) is 5.75 Å². The van der Waals surface area contributed by atoms with Gasteiger partial charge in [0.15, 0.2) is 11.5 Å². The Kier molecular flexibility index (Phi) is 6.44. The molecule has 9 heteroatoms. The number of amides is 4. The highest BCUT2D eigenvalue weighted by Crippen LogP contribution is 2.40. The molecule has 3 rings (SSSR count). The van der Waals surface area contributed by atoms with Crippen LogP contribution in [0.3, 0.4) is 0 Å². The van der Waals surface area contributed by atoms with Crippen molar-refractivity contribution in [2.45, 2.75) is 6.92 Å². The molecule has 0 aromatic heterocycles. The van der Waals surface area contributed by atoms with E-state index in [2.05, 4.69) is 5.32 Å². The van der Waals surface area contributed by atoms with Gasteiger partial charge in [0.1, 0.15) is 11.3 Å². The molecule has 4 amide bonds. The van der Waals surface area contributed by atoms with Gasteiger partial charge in [0.05, 0.1) is 33.6 Å². The fourth-order valence-electron chi connectivity index (χ4n) is 3.14. The van der Waals surface area contributed by atoms with Crippen molar-refractivity contribution < 1.29 is 33.3 Å². The molecule has 162 valence electrons. The molecule has 2 aromatic carbocycles. The zero-order valence-electron chi connectivity index (χ0n) is 17.6. The Labute approximate surface area is 179 Å². The lowest BCUT2D eigenvalue weighted by atomic mass is 10.0. The van der Waals surface area contributed by atoms with Gasteiger partial charge >= 0.3 is 6.03 Å². The highest BCUT2D eigenvalue weighted by atomic mass is 16.5. The van der Waals surface area contributed by atoms with E-state index in [1.165, 1.54) is 27.4 Å². The van der Waals surface area contributed by atoms with Gasteiger partial charge in [-0.25, -0.2) is 9.69 Å². The summed E-state index contributed by atoms with van der Waals surface area (Å²) in [5, 5.41) is 2.19. The molecule has 31 heavy (non-hydrogen) atoms. The first kappa shape index (κ1) is 21.7. The summed E-state index contributed by atoms with van der Waals surface area (Å²) in [5.74, 6) is 0.0239. The lowest BCUT2D eigenvalue weighted by Crippen LogP contribution is -2.54. The predicted octanol–water partition coefficient (Wildman–Crippen LogP) is 2.78. The summed E-state index contributed by atoms with van der Waals surface area (Å²) in [5.41, 5.74) is 0.460. The molecular formula is C22H22N2O7. The first-order valence-electron chi connectivity index (χ1n) is 9.38. The lowest BCUT2D eigenvalue weighted by Gasteiger charge is -2.26. The van der Waals surface area contributed by atoms with Gasteiger partial charge in [0.25, 0.3) is 11.8 Å². The van der Waals surface area contributed by atoms with Crippen LogP contribution in [0.15, 0.2) is 42.0 Å². The van der Waals surface area contributed by atoms with Crippen LogP contribution in [0, 0.1) is 0 Å². The Hall–Kier alpha value is -4.01. The van der Waals surface area contributed by atoms with Gasteiger partial charge in [0, 0.05) is 5.56 Å². The minimum Gasteiger partial charge on any atom is -0.494 e. The summed E-state index contributed by atoms with van der Waals surface area (Å²) < 4.78 is 21.4. The van der Waals surface area contributed by atoms with Crippen LogP contribution in [0.1, 0.15) is 12.5 Å². The molecule has 0 saturated carbocycles. The van der Waals surface area contributed by atoms with E-state index in [0.717, 1.165) is 4.90 Å². The van der Waals surface area contributed by atoms with E-state index in [9.17, 15) is 14.4 Å². The summed E-state index contributed by atoms with van der Waals surface area (Å²) in [6, 6.07) is 8.79. The molecule has 1 aliphatic heterocycles. The minimum atomic E-state index is -0.837. The molecule has 0 unspecified atom stereocenters. The average molecular weight is 426 g/mol. The first-order valence-corrected chi connectivity index (χ1v) is 9.38. The van der Waals surface area contributed by atoms with Crippen molar-refractivity contribution in [3.05, 3.63) is 47.5 Å². The zero-order chi connectivity index (χ0) is 22.5. The quantitative estimate of drug-likeness (QED) is 0.536. The number of nitrogens with zero attached hydrogens (tertiary/aromatic N) is 1. The number of nitrogens with one attached hydrogen (secondary N) is 1. The molecular weight excluding hydrogens is 404 g/mol. The van der Waals surface area contributed by atoms with E-state index >= 15 is 0 Å². The van der Waals surface area contributed by atoms with Crippen molar-refractivity contribution in [2.75, 3.05) is 32.8 Å². The number of benzene rings is 2. The summed E-state index contributed by atoms with van der Waals surface area (Å²) >= 11 is 0. The van der Waals surface area contributed by atoms with Crippen molar-refractivity contribution in [1.82, 2.24) is 5.32 Å². The first-order chi connectivity index (χ1) is 14.9. The molecule has 2 aromatic rings. The normalized spacial score (nSPS) is 15.0. The van der Waals surface area contributed by atoms with E-state index < -0.39 is 17.8 Å². The van der Waals surface area contributed by atoms with Crippen LogP contribution in [-0.4, -0.2) is 45.8 Å². The third-order valence-electron chi connectivity index (χ3n) is 4.54. The zero-order valence-corrected chi connectivity index (χ0v) is 17.6. The van der Waals surface area contributed by atoms with Crippen molar-refractivity contribution in [1.29, 1.82) is 0 Å². The number of ether oxygens (including phenoxy) is 4. The number of imide groups is 2. The van der Waals surface area contributed by atoms with Crippen molar-refractivity contribution >= 4 is 29.6 Å². The standard InChI is InChI=1S/C22H22N2O7/c1-5-31-15-9-7-14(8-10-15)24-21(26)16(20(25)23-22(24)27)12-13-6-11-17(28-2)19(30-4)18(13)29-3/h6-12H,5H2,1-4H3,(H,23,25,27)/b16-12+. The Morgan fingerprint density at radius 1 is 0.903 bits per heavy atom. The van der Waals surface area contributed by atoms with Crippen molar-refractivity contribution in [3.63, 3.8) is 0 Å². The molecule has 1 fully saturated rings. The molecule has 0 radical (unpaired) electrons. The summed E-state index contributed by atoms with van der Waals surface area (Å²) in [6.07, 6.45) is 1.34. The fraction of sp³-hybridized carbons (Fsp3) is 0.227. The average Bonchev–Trinajstić information content (AvgIpc) is 2.77. The number of hydrogen-bond acceptors (Lipinski definition) is 7. The highest BCUT2D eigenvalue weighted by molar-refractivity contribution is 6.39. The molecule has 1 saturated heterocycles. The summed E-state index contributed by atoms with van der Waals surface area (Å²) in [4.78, 5) is 38.8. The molecule has 1 heterocycles. The third kappa shape index (κ3) is 4.16. The van der Waals surface area contributed by atoms with E-state index in [4.69, 9.17) is 18.9 Å². The number of carbonyl (C=O) groups excluding carboxylic acids is 3. The van der Waals surface area contributed by atoms with Gasteiger partial charge in [-0.1, -0.05) is 0 Å². The minimum absolute atomic E-state index is 0.237. The van der Waals surface area contributed by atoms with Crippen LogP contribution >= 0.6 is 0 Å². The Bertz CT molecular complexity index is 1040. The molecule has 0 bridgehead atoms. The topological polar surface area (TPSA) is 103 Å². The van der Waals surface area contributed by atoms with Gasteiger partial charge in [-0.05, 0) is 49.4 Å². The van der Waals surface area contributed by atoms with E-state index in [1.54, 1.807) is 36.4 Å². The van der Waals surface area contributed by atoms with Gasteiger partial charge < -0.3 is 18.9 Å². The Morgan fingerprint density at radius 2 is 1.58 bits per heavy atom. The summed E-state index contributed by atoms with van der Waals surface area (Å²) in [7, 11) is 4.35. The SMILES string of the molecule is CCOc1ccc(N2C(=O)NC(=O)/C(=C\c3ccc(OC)c(OC)c3OC)C2=O)cc1. The number of urea groups is 1. The molecule has 0 atom stereocenters. The number of rotatable bonds is 7. The maximum absolute atomic E-state index is 13.1. The van der Waals surface area contributed by atoms with Crippen molar-refractivity contribution in [2.24, 2.45) is 0 Å². The van der Waals surface area contributed by atoms with Crippen LogP contribution in [-0.2, 0) is 9.59 Å². The third-order valence-corrected chi connectivity index (χ3v) is 4.54. The fourth-order valence-corrected chi connectivity index (χ4v) is 3.14. The highest BCUT2D eigenvalue weighted by Gasteiger charge is 2.37. The Balaban J connectivity index is 2.03. The monoisotopic (exact) mass is 426 g/mol. The Morgan fingerprint density at radius 3 is 2.16 bits per heavy atom. The molecule has 9 nitrogen and oxygen atoms in total. The smallest absolute Gasteiger partial charge is 0.335 e. The maximum Gasteiger partial charge on any atom is 0.335 e.